The van der Waals surface area contributed by atoms with Crippen LogP contribution in [0.5, 0.6) is 0 Å². The molecule has 1 unspecified atom stereocenters. The minimum Gasteiger partial charge on any atom is -0.385 e. The maximum Gasteiger partial charge on any atom is 0.229 e. The zero-order chi connectivity index (χ0) is 13.4. The van der Waals surface area contributed by atoms with Crippen LogP contribution in [0, 0.1) is 5.41 Å². The van der Waals surface area contributed by atoms with Gasteiger partial charge >= 0.3 is 0 Å². The van der Waals surface area contributed by atoms with Crippen molar-refractivity contribution in [3.05, 3.63) is 0 Å². The van der Waals surface area contributed by atoms with Gasteiger partial charge in [-0.2, -0.15) is 0 Å². The summed E-state index contributed by atoms with van der Waals surface area (Å²) in [6, 6.07) is 0. The third-order valence-electron chi connectivity index (χ3n) is 3.84. The quantitative estimate of drug-likeness (QED) is 0.704. The molecule has 1 aliphatic heterocycles. The SMILES string of the molecule is CCCC1(C(=O)N(C)CCCOC)CCCNC1. The minimum atomic E-state index is -0.158. The molecule has 1 atom stereocenters. The average molecular weight is 256 g/mol. The highest BCUT2D eigenvalue weighted by Crippen LogP contribution is 2.33. The van der Waals surface area contributed by atoms with E-state index in [1.807, 2.05) is 11.9 Å². The Labute approximate surface area is 111 Å². The van der Waals surface area contributed by atoms with E-state index in [0.29, 0.717) is 5.91 Å². The molecule has 1 N–H and O–H groups in total. The summed E-state index contributed by atoms with van der Waals surface area (Å²) in [5, 5.41) is 3.39. The van der Waals surface area contributed by atoms with Crippen molar-refractivity contribution in [1.29, 1.82) is 0 Å². The molecule has 1 amide bonds. The van der Waals surface area contributed by atoms with Crippen molar-refractivity contribution in [3.63, 3.8) is 0 Å². The van der Waals surface area contributed by atoms with Crippen LogP contribution in [0.4, 0.5) is 0 Å². The molecule has 1 saturated heterocycles. The van der Waals surface area contributed by atoms with Crippen LogP contribution in [0.1, 0.15) is 39.0 Å². The standard InChI is InChI=1S/C14H28N2O2/c1-4-7-14(8-5-9-15-12-14)13(17)16(2)10-6-11-18-3/h15H,4-12H2,1-3H3. The summed E-state index contributed by atoms with van der Waals surface area (Å²) in [6.07, 6.45) is 5.11. The van der Waals surface area contributed by atoms with Gasteiger partial charge in [-0.05, 0) is 32.2 Å². The number of carbonyl (C=O) groups is 1. The lowest BCUT2D eigenvalue weighted by Gasteiger charge is -2.39. The van der Waals surface area contributed by atoms with E-state index in [2.05, 4.69) is 12.2 Å². The third-order valence-corrected chi connectivity index (χ3v) is 3.84. The molecule has 0 saturated carbocycles. The van der Waals surface area contributed by atoms with Crippen molar-refractivity contribution in [2.24, 2.45) is 5.41 Å². The van der Waals surface area contributed by atoms with Crippen molar-refractivity contribution < 1.29 is 9.53 Å². The Kier molecular flexibility index (Phi) is 6.65. The number of amides is 1. The Morgan fingerprint density at radius 2 is 2.28 bits per heavy atom. The Morgan fingerprint density at radius 1 is 1.50 bits per heavy atom. The second kappa shape index (κ2) is 7.74. The Balaban J connectivity index is 2.57. The Morgan fingerprint density at radius 3 is 2.83 bits per heavy atom. The summed E-state index contributed by atoms with van der Waals surface area (Å²) in [6.45, 7) is 5.56. The predicted octanol–water partition coefficient (Wildman–Crippen LogP) is 1.65. The summed E-state index contributed by atoms with van der Waals surface area (Å²) in [5.41, 5.74) is -0.158. The van der Waals surface area contributed by atoms with Gasteiger partial charge in [-0.15, -0.1) is 0 Å². The first-order valence-corrected chi connectivity index (χ1v) is 7.11. The highest BCUT2D eigenvalue weighted by molar-refractivity contribution is 5.83. The van der Waals surface area contributed by atoms with Crippen LogP contribution >= 0.6 is 0 Å². The molecule has 1 heterocycles. The third kappa shape index (κ3) is 3.95. The van der Waals surface area contributed by atoms with Crippen LogP contribution in [-0.2, 0) is 9.53 Å². The first-order valence-electron chi connectivity index (χ1n) is 7.11. The first-order chi connectivity index (χ1) is 8.66. The fourth-order valence-electron chi connectivity index (χ4n) is 2.90. The number of piperidine rings is 1. The van der Waals surface area contributed by atoms with Crippen LogP contribution in [-0.4, -0.2) is 51.2 Å². The topological polar surface area (TPSA) is 41.6 Å². The zero-order valence-corrected chi connectivity index (χ0v) is 12.1. The first kappa shape index (κ1) is 15.4. The van der Waals surface area contributed by atoms with Gasteiger partial charge in [0.2, 0.25) is 5.91 Å². The number of carbonyl (C=O) groups excluding carboxylic acids is 1. The number of hydrogen-bond donors (Lipinski definition) is 1. The summed E-state index contributed by atoms with van der Waals surface area (Å²) < 4.78 is 5.04. The van der Waals surface area contributed by atoms with Crippen molar-refractivity contribution in [1.82, 2.24) is 10.2 Å². The lowest BCUT2D eigenvalue weighted by molar-refractivity contribution is -0.142. The predicted molar refractivity (Wildman–Crippen MR) is 73.6 cm³/mol. The number of rotatable bonds is 7. The smallest absolute Gasteiger partial charge is 0.229 e. The van der Waals surface area contributed by atoms with E-state index in [1.165, 1.54) is 0 Å². The van der Waals surface area contributed by atoms with Crippen molar-refractivity contribution in [3.8, 4) is 0 Å². The Bertz CT molecular complexity index is 245. The van der Waals surface area contributed by atoms with E-state index in [0.717, 1.165) is 58.3 Å². The lowest BCUT2D eigenvalue weighted by atomic mass is 9.76. The molecule has 0 bridgehead atoms. The van der Waals surface area contributed by atoms with E-state index in [9.17, 15) is 4.79 Å². The molecule has 18 heavy (non-hydrogen) atoms. The monoisotopic (exact) mass is 256 g/mol. The van der Waals surface area contributed by atoms with Crippen LogP contribution in [0.25, 0.3) is 0 Å². The number of hydrogen-bond acceptors (Lipinski definition) is 3. The molecular formula is C14H28N2O2. The normalized spacial score (nSPS) is 23.9. The van der Waals surface area contributed by atoms with Gasteiger partial charge in [0.25, 0.3) is 0 Å². The average Bonchev–Trinajstić information content (AvgIpc) is 2.39. The van der Waals surface area contributed by atoms with E-state index in [4.69, 9.17) is 4.74 Å². The summed E-state index contributed by atoms with van der Waals surface area (Å²) in [7, 11) is 3.62. The summed E-state index contributed by atoms with van der Waals surface area (Å²) >= 11 is 0. The van der Waals surface area contributed by atoms with Crippen LogP contribution in [0.2, 0.25) is 0 Å². The van der Waals surface area contributed by atoms with Crippen molar-refractivity contribution in [2.45, 2.75) is 39.0 Å². The molecule has 0 aromatic carbocycles. The number of nitrogens with zero attached hydrogens (tertiary/aromatic N) is 1. The van der Waals surface area contributed by atoms with Gasteiger partial charge in [-0.25, -0.2) is 0 Å². The molecule has 1 aliphatic rings. The van der Waals surface area contributed by atoms with Crippen LogP contribution in [0.3, 0.4) is 0 Å². The zero-order valence-electron chi connectivity index (χ0n) is 12.1. The molecule has 0 radical (unpaired) electrons. The largest absolute Gasteiger partial charge is 0.385 e. The maximum absolute atomic E-state index is 12.6. The van der Waals surface area contributed by atoms with Crippen LogP contribution < -0.4 is 5.32 Å². The highest BCUT2D eigenvalue weighted by Gasteiger charge is 2.40. The maximum atomic E-state index is 12.6. The highest BCUT2D eigenvalue weighted by atomic mass is 16.5. The Hall–Kier alpha value is -0.610. The van der Waals surface area contributed by atoms with E-state index >= 15 is 0 Å². The van der Waals surface area contributed by atoms with Crippen molar-refractivity contribution in [2.75, 3.05) is 40.4 Å². The van der Waals surface area contributed by atoms with Gasteiger partial charge in [0.15, 0.2) is 0 Å². The molecule has 1 rings (SSSR count). The molecule has 0 aromatic heterocycles. The number of ether oxygens (including phenoxy) is 1. The number of methoxy groups -OCH3 is 1. The molecule has 4 heteroatoms. The molecule has 0 spiro atoms. The van der Waals surface area contributed by atoms with E-state index < -0.39 is 0 Å². The molecular weight excluding hydrogens is 228 g/mol. The van der Waals surface area contributed by atoms with E-state index in [1.54, 1.807) is 7.11 Å². The van der Waals surface area contributed by atoms with Gasteiger partial charge in [-0.3, -0.25) is 4.79 Å². The van der Waals surface area contributed by atoms with Gasteiger partial charge < -0.3 is 15.0 Å². The van der Waals surface area contributed by atoms with E-state index in [-0.39, 0.29) is 5.41 Å². The second-order valence-corrected chi connectivity index (χ2v) is 5.38. The van der Waals surface area contributed by atoms with Gasteiger partial charge in [-0.1, -0.05) is 13.3 Å². The molecule has 106 valence electrons. The molecule has 0 aliphatic carbocycles. The van der Waals surface area contributed by atoms with Crippen molar-refractivity contribution >= 4 is 5.91 Å². The molecule has 1 fully saturated rings. The summed E-state index contributed by atoms with van der Waals surface area (Å²) in [4.78, 5) is 14.5. The summed E-state index contributed by atoms with van der Waals surface area (Å²) in [5.74, 6) is 0.313. The van der Waals surface area contributed by atoms with Crippen LogP contribution in [0.15, 0.2) is 0 Å². The second-order valence-electron chi connectivity index (χ2n) is 5.38. The fraction of sp³-hybridized carbons (Fsp3) is 0.929. The van der Waals surface area contributed by atoms with Gasteiger partial charge in [0, 0.05) is 33.9 Å². The lowest BCUT2D eigenvalue weighted by Crippen LogP contribution is -2.51. The van der Waals surface area contributed by atoms with Gasteiger partial charge in [0.05, 0.1) is 5.41 Å². The minimum absolute atomic E-state index is 0.158. The van der Waals surface area contributed by atoms with Gasteiger partial charge in [0.1, 0.15) is 0 Å². The number of nitrogens with one attached hydrogen (secondary N) is 1. The molecule has 4 nitrogen and oxygen atoms in total. The molecule has 0 aromatic rings. The fourth-order valence-corrected chi connectivity index (χ4v) is 2.90.